The van der Waals surface area contributed by atoms with E-state index in [1.807, 2.05) is 12.1 Å². The number of hydrogen-bond donors (Lipinski definition) is 0. The second-order valence-electron chi connectivity index (χ2n) is 8.65. The average molecular weight is 459 g/mol. The van der Waals surface area contributed by atoms with Crippen LogP contribution in [0.2, 0.25) is 0 Å². The Labute approximate surface area is 200 Å². The van der Waals surface area contributed by atoms with E-state index < -0.39 is 11.8 Å². The second-order valence-corrected chi connectivity index (χ2v) is 8.65. The van der Waals surface area contributed by atoms with Gasteiger partial charge in [0.1, 0.15) is 23.4 Å². The number of nitrogens with zero attached hydrogens (tertiary/aromatic N) is 2. The number of aliphatic imine (C=N–C) groups is 2. The maximum atomic E-state index is 12.8. The van der Waals surface area contributed by atoms with Gasteiger partial charge < -0.3 is 0 Å². The molecule has 0 aromatic heterocycles. The van der Waals surface area contributed by atoms with Gasteiger partial charge in [-0.15, -0.1) is 0 Å². The zero-order valence-electron chi connectivity index (χ0n) is 19.6. The summed E-state index contributed by atoms with van der Waals surface area (Å²) in [6.07, 6.45) is 6.36. The lowest BCUT2D eigenvalue weighted by atomic mass is 9.90. The van der Waals surface area contributed by atoms with Crippen LogP contribution in [0.25, 0.3) is 0 Å². The van der Waals surface area contributed by atoms with Crippen molar-refractivity contribution in [1.29, 1.82) is 0 Å². The highest BCUT2D eigenvalue weighted by Crippen LogP contribution is 2.24. The number of carbonyl (C=O) groups is 4. The minimum Gasteiger partial charge on any atom is -0.299 e. The van der Waals surface area contributed by atoms with Gasteiger partial charge in [0.25, 0.3) is 0 Å². The van der Waals surface area contributed by atoms with Gasteiger partial charge in [0.05, 0.1) is 12.1 Å². The number of hydrogen-bond acceptors (Lipinski definition) is 6. The molecule has 0 bridgehead atoms. The van der Waals surface area contributed by atoms with Crippen LogP contribution in [0.1, 0.15) is 60.2 Å². The molecule has 2 aromatic rings. The standard InChI is InChI=1S/C28H30N2O4/c1-19(31)23(27(33)21-11-5-3-6-12-21)17-29-25-15-9-10-16-26(25)30-18-24(20(2)32)28(34)22-13-7-4-8-14-22/h3-8,11-14,17-18,23-26H,9-10,15-16H2,1-2H3/t23?,24?,25-,26-/m0/s1. The van der Waals surface area contributed by atoms with Crippen LogP contribution >= 0.6 is 0 Å². The van der Waals surface area contributed by atoms with Crippen molar-refractivity contribution in [2.75, 3.05) is 0 Å². The van der Waals surface area contributed by atoms with Crippen molar-refractivity contribution in [2.45, 2.75) is 51.6 Å². The Morgan fingerprint density at radius 2 is 1.03 bits per heavy atom. The zero-order chi connectivity index (χ0) is 24.5. The summed E-state index contributed by atoms with van der Waals surface area (Å²) in [5, 5.41) is 0. The van der Waals surface area contributed by atoms with Gasteiger partial charge in [0, 0.05) is 23.6 Å². The van der Waals surface area contributed by atoms with Gasteiger partial charge >= 0.3 is 0 Å². The Balaban J connectivity index is 1.77. The average Bonchev–Trinajstić information content (AvgIpc) is 2.85. The molecule has 4 atom stereocenters. The summed E-state index contributed by atoms with van der Waals surface area (Å²) in [6.45, 7) is 2.78. The highest BCUT2D eigenvalue weighted by molar-refractivity contribution is 6.20. The first kappa shape index (κ1) is 25.1. The van der Waals surface area contributed by atoms with Crippen LogP contribution in [0.3, 0.4) is 0 Å². The molecule has 2 aromatic carbocycles. The monoisotopic (exact) mass is 458 g/mol. The molecule has 0 N–H and O–H groups in total. The summed E-state index contributed by atoms with van der Waals surface area (Å²) in [6, 6.07) is 17.0. The van der Waals surface area contributed by atoms with E-state index in [4.69, 9.17) is 0 Å². The van der Waals surface area contributed by atoms with Crippen molar-refractivity contribution < 1.29 is 19.2 Å². The summed E-state index contributed by atoms with van der Waals surface area (Å²) in [7, 11) is 0. The molecule has 34 heavy (non-hydrogen) atoms. The number of benzene rings is 2. The van der Waals surface area contributed by atoms with Crippen LogP contribution in [0, 0.1) is 11.8 Å². The summed E-state index contributed by atoms with van der Waals surface area (Å²) in [5.74, 6) is -2.98. The van der Waals surface area contributed by atoms with Crippen LogP contribution in [0.5, 0.6) is 0 Å². The largest absolute Gasteiger partial charge is 0.299 e. The Bertz CT molecular complexity index is 989. The molecule has 176 valence electrons. The van der Waals surface area contributed by atoms with Crippen molar-refractivity contribution in [1.82, 2.24) is 0 Å². The van der Waals surface area contributed by atoms with Crippen molar-refractivity contribution >= 4 is 35.6 Å². The molecule has 6 nitrogen and oxygen atoms in total. The van der Waals surface area contributed by atoms with E-state index in [0.717, 1.165) is 25.7 Å². The second kappa shape index (κ2) is 12.1. The predicted molar refractivity (Wildman–Crippen MR) is 133 cm³/mol. The summed E-state index contributed by atoms with van der Waals surface area (Å²) in [5.41, 5.74) is 0.937. The van der Waals surface area contributed by atoms with Crippen LogP contribution in [0.4, 0.5) is 0 Å². The van der Waals surface area contributed by atoms with Gasteiger partial charge in [-0.25, -0.2) is 0 Å². The van der Waals surface area contributed by atoms with Crippen LogP contribution in [-0.2, 0) is 9.59 Å². The number of rotatable bonds is 10. The van der Waals surface area contributed by atoms with Gasteiger partial charge in [-0.1, -0.05) is 73.5 Å². The third-order valence-electron chi connectivity index (χ3n) is 6.10. The third-order valence-corrected chi connectivity index (χ3v) is 6.10. The molecule has 0 saturated heterocycles. The molecule has 0 heterocycles. The summed E-state index contributed by atoms with van der Waals surface area (Å²) >= 11 is 0. The highest BCUT2D eigenvalue weighted by atomic mass is 16.2. The summed E-state index contributed by atoms with van der Waals surface area (Å²) < 4.78 is 0. The molecule has 0 radical (unpaired) electrons. The molecule has 0 aliphatic heterocycles. The fourth-order valence-corrected chi connectivity index (χ4v) is 4.11. The van der Waals surface area contributed by atoms with Crippen LogP contribution in [-0.4, -0.2) is 47.6 Å². The Morgan fingerprint density at radius 3 is 1.35 bits per heavy atom. The van der Waals surface area contributed by atoms with Gasteiger partial charge in [0.15, 0.2) is 11.6 Å². The van der Waals surface area contributed by atoms with Crippen LogP contribution in [0.15, 0.2) is 70.6 Å². The molecule has 2 unspecified atom stereocenters. The maximum absolute atomic E-state index is 12.8. The first-order valence-electron chi connectivity index (χ1n) is 11.6. The fraction of sp³-hybridized carbons (Fsp3) is 0.357. The Morgan fingerprint density at radius 1 is 0.676 bits per heavy atom. The van der Waals surface area contributed by atoms with E-state index in [0.29, 0.717) is 11.1 Å². The molecular weight excluding hydrogens is 428 g/mol. The smallest absolute Gasteiger partial charge is 0.178 e. The SMILES string of the molecule is CC(=O)C(C=N[C@H]1CCCC[C@@H]1N=CC(C(C)=O)C(=O)c1ccccc1)C(=O)c1ccccc1. The van der Waals surface area contributed by atoms with E-state index in [2.05, 4.69) is 9.98 Å². The quantitative estimate of drug-likeness (QED) is 0.295. The molecule has 3 rings (SSSR count). The molecular formula is C28H30N2O4. The van der Waals surface area contributed by atoms with Crippen molar-refractivity contribution in [3.05, 3.63) is 71.8 Å². The number of carbonyl (C=O) groups excluding carboxylic acids is 4. The molecule has 6 heteroatoms. The molecule has 1 aliphatic rings. The number of Topliss-reactive ketones (excluding diaryl/α,β-unsaturated/α-hetero) is 4. The third kappa shape index (κ3) is 6.50. The minimum atomic E-state index is -0.946. The minimum absolute atomic E-state index is 0.213. The van der Waals surface area contributed by atoms with Crippen molar-refractivity contribution in [3.63, 3.8) is 0 Å². The van der Waals surface area contributed by atoms with Gasteiger partial charge in [0.2, 0.25) is 0 Å². The van der Waals surface area contributed by atoms with Gasteiger partial charge in [-0.05, 0) is 26.7 Å². The molecule has 1 saturated carbocycles. The van der Waals surface area contributed by atoms with Gasteiger partial charge in [-0.3, -0.25) is 29.2 Å². The normalized spacial score (nSPS) is 20.2. The molecule has 0 amide bonds. The molecule has 0 spiro atoms. The lowest BCUT2D eigenvalue weighted by Crippen LogP contribution is -2.31. The zero-order valence-corrected chi connectivity index (χ0v) is 19.6. The van der Waals surface area contributed by atoms with E-state index in [1.165, 1.54) is 26.3 Å². The predicted octanol–water partition coefficient (Wildman–Crippen LogP) is 4.62. The van der Waals surface area contributed by atoms with Crippen molar-refractivity contribution in [3.8, 4) is 0 Å². The Kier molecular flexibility index (Phi) is 8.91. The van der Waals surface area contributed by atoms with Crippen molar-refractivity contribution in [2.24, 2.45) is 21.8 Å². The van der Waals surface area contributed by atoms with E-state index in [-0.39, 0.29) is 35.2 Å². The van der Waals surface area contributed by atoms with Gasteiger partial charge in [-0.2, -0.15) is 0 Å². The molecule has 1 fully saturated rings. The fourth-order valence-electron chi connectivity index (χ4n) is 4.11. The first-order chi connectivity index (χ1) is 16.4. The maximum Gasteiger partial charge on any atom is 0.178 e. The summed E-state index contributed by atoms with van der Waals surface area (Å²) in [4.78, 5) is 59.3. The first-order valence-corrected chi connectivity index (χ1v) is 11.6. The Hall–Kier alpha value is -3.54. The van der Waals surface area contributed by atoms with E-state index in [9.17, 15) is 19.2 Å². The lowest BCUT2D eigenvalue weighted by molar-refractivity contribution is -0.118. The van der Waals surface area contributed by atoms with Crippen LogP contribution < -0.4 is 0 Å². The topological polar surface area (TPSA) is 93.0 Å². The molecule has 1 aliphatic carbocycles. The lowest BCUT2D eigenvalue weighted by Gasteiger charge is -2.26. The van der Waals surface area contributed by atoms with E-state index >= 15 is 0 Å². The van der Waals surface area contributed by atoms with E-state index in [1.54, 1.807) is 48.5 Å². The highest BCUT2D eigenvalue weighted by Gasteiger charge is 2.28. The number of ketones is 4.